The van der Waals surface area contributed by atoms with Crippen LogP contribution in [0.15, 0.2) is 109 Å². The average Bonchev–Trinajstić information content (AvgIpc) is 3.28. The maximum Gasteiger partial charge on any atom is 0.306 e. The van der Waals surface area contributed by atoms with Gasteiger partial charge in [0.2, 0.25) is 0 Å². The van der Waals surface area contributed by atoms with E-state index >= 15 is 0 Å². The third kappa shape index (κ3) is 49.0. The van der Waals surface area contributed by atoms with Gasteiger partial charge in [-0.3, -0.25) is 14.4 Å². The zero-order valence-electron chi connectivity index (χ0n) is 40.5. The molecule has 0 saturated carbocycles. The van der Waals surface area contributed by atoms with Crippen molar-refractivity contribution in [2.75, 3.05) is 13.2 Å². The van der Waals surface area contributed by atoms with Gasteiger partial charge in [0.15, 0.2) is 6.10 Å². The number of carbonyl (C=O) groups excluding carboxylic acids is 3. The van der Waals surface area contributed by atoms with E-state index in [9.17, 15) is 14.4 Å². The fourth-order valence-electron chi connectivity index (χ4n) is 6.48. The summed E-state index contributed by atoms with van der Waals surface area (Å²) < 4.78 is 16.7. The summed E-state index contributed by atoms with van der Waals surface area (Å²) in [5.41, 5.74) is 0. The van der Waals surface area contributed by atoms with Crippen LogP contribution in [0.25, 0.3) is 0 Å². The van der Waals surface area contributed by atoms with E-state index < -0.39 is 6.10 Å². The van der Waals surface area contributed by atoms with E-state index in [1.807, 2.05) is 0 Å². The van der Waals surface area contributed by atoms with Crippen LogP contribution in [0.3, 0.4) is 0 Å². The maximum atomic E-state index is 12.8. The van der Waals surface area contributed by atoms with Gasteiger partial charge in [-0.25, -0.2) is 0 Å². The lowest BCUT2D eigenvalue weighted by atomic mass is 10.1. The lowest BCUT2D eigenvalue weighted by molar-refractivity contribution is -0.167. The second kappa shape index (κ2) is 50.7. The molecule has 6 heteroatoms. The molecule has 0 aromatic heterocycles. The molecule has 0 bridgehead atoms. The van der Waals surface area contributed by atoms with Crippen LogP contribution < -0.4 is 0 Å². The topological polar surface area (TPSA) is 78.9 Å². The third-order valence-corrected chi connectivity index (χ3v) is 10.2. The molecule has 0 saturated heterocycles. The van der Waals surface area contributed by atoms with Crippen LogP contribution in [-0.2, 0) is 28.6 Å². The molecule has 0 heterocycles. The number of esters is 3. The number of hydrogen-bond acceptors (Lipinski definition) is 6. The summed E-state index contributed by atoms with van der Waals surface area (Å²) in [6, 6.07) is 0. The quantitative estimate of drug-likeness (QED) is 0.0263. The van der Waals surface area contributed by atoms with Crippen molar-refractivity contribution in [1.29, 1.82) is 0 Å². The van der Waals surface area contributed by atoms with Gasteiger partial charge in [-0.2, -0.15) is 0 Å². The summed E-state index contributed by atoms with van der Waals surface area (Å²) in [6.07, 6.45) is 67.8. The van der Waals surface area contributed by atoms with E-state index in [1.54, 1.807) is 0 Å². The molecular formula is C57H92O6. The summed E-state index contributed by atoms with van der Waals surface area (Å²) >= 11 is 0. The fraction of sp³-hybridized carbons (Fsp3) is 0.632. The van der Waals surface area contributed by atoms with Crippen LogP contribution >= 0.6 is 0 Å². The highest BCUT2D eigenvalue weighted by molar-refractivity contribution is 5.71. The van der Waals surface area contributed by atoms with Crippen molar-refractivity contribution >= 4 is 17.9 Å². The lowest BCUT2D eigenvalue weighted by Crippen LogP contribution is -2.30. The molecule has 0 rings (SSSR count). The highest BCUT2D eigenvalue weighted by Crippen LogP contribution is 2.12. The molecule has 0 aliphatic heterocycles. The Morgan fingerprint density at radius 3 is 1.00 bits per heavy atom. The standard InChI is InChI=1S/C57H92O6/c1-4-7-10-13-16-19-22-25-27-28-29-30-31-33-35-38-41-44-47-50-56(59)62-53-54(52-61-55(58)49-46-43-40-37-34-24-21-18-15-12-9-6-3)63-57(60)51-48-45-42-39-36-32-26-23-20-17-14-11-8-5-2/h7-8,10-11,16-21,25-27,29-30,32-33,35,54H,4-6,9,12-15,22-24,28,31,34,36-53H2,1-3H3/b10-7-,11-8-,19-16-,20-17-,21-18-,27-25-,30-29-,32-26-,35-33-. The van der Waals surface area contributed by atoms with Gasteiger partial charge in [-0.1, -0.05) is 182 Å². The van der Waals surface area contributed by atoms with Gasteiger partial charge < -0.3 is 14.2 Å². The molecule has 63 heavy (non-hydrogen) atoms. The van der Waals surface area contributed by atoms with Crippen molar-refractivity contribution in [3.8, 4) is 0 Å². The SMILES string of the molecule is CC/C=C\C/C=C\C/C=C\C/C=C\C/C=C\CCCCCC(=O)OCC(COC(=O)CCCCCCC/C=C\CCCCC)OC(=O)CCCCCC/C=C\C/C=C\C/C=C\CC. The zero-order valence-corrected chi connectivity index (χ0v) is 40.5. The minimum absolute atomic E-state index is 0.105. The van der Waals surface area contributed by atoms with E-state index in [4.69, 9.17) is 14.2 Å². The van der Waals surface area contributed by atoms with Gasteiger partial charge in [0, 0.05) is 19.3 Å². The van der Waals surface area contributed by atoms with Crippen LogP contribution in [-0.4, -0.2) is 37.2 Å². The summed E-state index contributed by atoms with van der Waals surface area (Å²) in [7, 11) is 0. The molecule has 0 spiro atoms. The molecule has 0 aliphatic carbocycles. The first-order chi connectivity index (χ1) is 31.0. The van der Waals surface area contributed by atoms with Gasteiger partial charge in [0.1, 0.15) is 13.2 Å². The molecule has 0 aromatic carbocycles. The predicted octanol–water partition coefficient (Wildman–Crippen LogP) is 16.8. The minimum atomic E-state index is -0.808. The third-order valence-electron chi connectivity index (χ3n) is 10.2. The average molecular weight is 873 g/mol. The molecule has 0 N–H and O–H groups in total. The van der Waals surface area contributed by atoms with Gasteiger partial charge in [0.05, 0.1) is 0 Å². The first-order valence-corrected chi connectivity index (χ1v) is 25.4. The Morgan fingerprint density at radius 2 is 0.619 bits per heavy atom. The highest BCUT2D eigenvalue weighted by atomic mass is 16.6. The van der Waals surface area contributed by atoms with Crippen molar-refractivity contribution in [2.45, 2.75) is 219 Å². The van der Waals surface area contributed by atoms with Crippen LogP contribution in [0, 0.1) is 0 Å². The second-order valence-corrected chi connectivity index (χ2v) is 16.3. The summed E-state index contributed by atoms with van der Waals surface area (Å²) in [4.78, 5) is 37.9. The van der Waals surface area contributed by atoms with Crippen LogP contribution in [0.2, 0.25) is 0 Å². The molecule has 0 radical (unpaired) electrons. The van der Waals surface area contributed by atoms with Crippen molar-refractivity contribution in [3.05, 3.63) is 109 Å². The number of allylic oxidation sites excluding steroid dienone is 18. The fourth-order valence-corrected chi connectivity index (χ4v) is 6.48. The smallest absolute Gasteiger partial charge is 0.306 e. The van der Waals surface area contributed by atoms with Gasteiger partial charge in [0.25, 0.3) is 0 Å². The van der Waals surface area contributed by atoms with Crippen molar-refractivity contribution in [3.63, 3.8) is 0 Å². The Labute approximate surface area is 387 Å². The Bertz CT molecular complexity index is 1330. The Balaban J connectivity index is 4.49. The molecule has 0 amide bonds. The first kappa shape index (κ1) is 59.1. The highest BCUT2D eigenvalue weighted by Gasteiger charge is 2.19. The molecule has 1 atom stereocenters. The Morgan fingerprint density at radius 1 is 0.333 bits per heavy atom. The number of hydrogen-bond donors (Lipinski definition) is 0. The zero-order chi connectivity index (χ0) is 45.8. The van der Waals surface area contributed by atoms with E-state index in [-0.39, 0.29) is 37.5 Å². The maximum absolute atomic E-state index is 12.8. The number of unbranched alkanes of at least 4 members (excludes halogenated alkanes) is 15. The Kier molecular flexibility index (Phi) is 47.5. The van der Waals surface area contributed by atoms with Crippen molar-refractivity contribution in [2.24, 2.45) is 0 Å². The molecule has 1 unspecified atom stereocenters. The molecule has 0 aliphatic rings. The molecule has 0 aromatic rings. The number of ether oxygens (including phenoxy) is 3. The van der Waals surface area contributed by atoms with Gasteiger partial charge in [-0.15, -0.1) is 0 Å². The van der Waals surface area contributed by atoms with Gasteiger partial charge >= 0.3 is 17.9 Å². The summed E-state index contributed by atoms with van der Waals surface area (Å²) in [5, 5.41) is 0. The molecular weight excluding hydrogens is 781 g/mol. The Hall–Kier alpha value is -3.93. The largest absolute Gasteiger partial charge is 0.462 e. The van der Waals surface area contributed by atoms with Crippen LogP contribution in [0.4, 0.5) is 0 Å². The first-order valence-electron chi connectivity index (χ1n) is 25.4. The summed E-state index contributed by atoms with van der Waals surface area (Å²) in [6.45, 7) is 6.31. The molecule has 356 valence electrons. The minimum Gasteiger partial charge on any atom is -0.462 e. The summed E-state index contributed by atoms with van der Waals surface area (Å²) in [5.74, 6) is -0.976. The van der Waals surface area contributed by atoms with Crippen LogP contribution in [0.5, 0.6) is 0 Å². The van der Waals surface area contributed by atoms with E-state index in [0.717, 1.165) is 141 Å². The predicted molar refractivity (Wildman–Crippen MR) is 270 cm³/mol. The van der Waals surface area contributed by atoms with Crippen molar-refractivity contribution in [1.82, 2.24) is 0 Å². The van der Waals surface area contributed by atoms with E-state index in [2.05, 4.69) is 130 Å². The van der Waals surface area contributed by atoms with Crippen molar-refractivity contribution < 1.29 is 28.6 Å². The molecule has 6 nitrogen and oxygen atoms in total. The van der Waals surface area contributed by atoms with Gasteiger partial charge in [-0.05, 0) is 122 Å². The monoisotopic (exact) mass is 873 g/mol. The number of rotatable bonds is 44. The normalized spacial score (nSPS) is 13.0. The van der Waals surface area contributed by atoms with E-state index in [1.165, 1.54) is 32.1 Å². The molecule has 0 fully saturated rings. The van der Waals surface area contributed by atoms with E-state index in [0.29, 0.717) is 12.8 Å². The second-order valence-electron chi connectivity index (χ2n) is 16.3. The van der Waals surface area contributed by atoms with Crippen LogP contribution in [0.1, 0.15) is 213 Å². The number of carbonyl (C=O) groups is 3. The lowest BCUT2D eigenvalue weighted by Gasteiger charge is -2.18.